The molecule has 1 aliphatic rings. The Morgan fingerprint density at radius 3 is 2.17 bits per heavy atom. The maximum absolute atomic E-state index is 13.0. The number of hydrogen-bond donors (Lipinski definition) is 0. The topological polar surface area (TPSA) is 57.7 Å². The van der Waals surface area contributed by atoms with E-state index < -0.39 is 10.0 Å². The highest BCUT2D eigenvalue weighted by molar-refractivity contribution is 7.92. The lowest BCUT2D eigenvalue weighted by molar-refractivity contribution is -0.116. The molecular formula is C17H18N2O3S. The molecule has 5 nitrogen and oxygen atoms in total. The van der Waals surface area contributed by atoms with Crippen molar-refractivity contribution in [2.75, 3.05) is 22.3 Å². The van der Waals surface area contributed by atoms with E-state index in [1.807, 2.05) is 6.92 Å². The van der Waals surface area contributed by atoms with Gasteiger partial charge in [0.2, 0.25) is 5.91 Å². The summed E-state index contributed by atoms with van der Waals surface area (Å²) in [6.45, 7) is 3.99. The first kappa shape index (κ1) is 15.6. The van der Waals surface area contributed by atoms with E-state index in [1.54, 1.807) is 53.4 Å². The summed E-state index contributed by atoms with van der Waals surface area (Å²) in [5, 5.41) is 0. The standard InChI is InChI=1S/C17H18N2O3S/c1-13-7-9-15(10-8-13)23(21,22)19-12-11-18(14(2)20)16-5-3-4-6-17(16)19/h3-10H,11-12H2,1-2H3. The largest absolute Gasteiger partial charge is 0.309 e. The van der Waals surface area contributed by atoms with Gasteiger partial charge in [-0.15, -0.1) is 0 Å². The lowest BCUT2D eigenvalue weighted by atomic mass is 10.2. The fourth-order valence-electron chi connectivity index (χ4n) is 2.75. The zero-order valence-corrected chi connectivity index (χ0v) is 13.9. The van der Waals surface area contributed by atoms with Gasteiger partial charge in [-0.2, -0.15) is 0 Å². The average Bonchev–Trinajstić information content (AvgIpc) is 2.54. The molecule has 3 rings (SSSR count). The Morgan fingerprint density at radius 1 is 0.957 bits per heavy atom. The van der Waals surface area contributed by atoms with Crippen molar-refractivity contribution in [2.24, 2.45) is 0 Å². The molecule has 1 amide bonds. The van der Waals surface area contributed by atoms with Crippen LogP contribution in [0.2, 0.25) is 0 Å². The van der Waals surface area contributed by atoms with Crippen LogP contribution in [-0.4, -0.2) is 27.4 Å². The highest BCUT2D eigenvalue weighted by atomic mass is 32.2. The first-order valence-electron chi connectivity index (χ1n) is 7.38. The van der Waals surface area contributed by atoms with Crippen LogP contribution < -0.4 is 9.21 Å². The van der Waals surface area contributed by atoms with Crippen molar-refractivity contribution >= 4 is 27.3 Å². The zero-order chi connectivity index (χ0) is 16.6. The molecule has 0 bridgehead atoms. The van der Waals surface area contributed by atoms with Gasteiger partial charge < -0.3 is 4.90 Å². The molecule has 120 valence electrons. The van der Waals surface area contributed by atoms with Gasteiger partial charge in [0.1, 0.15) is 0 Å². The van der Waals surface area contributed by atoms with Gasteiger partial charge >= 0.3 is 0 Å². The molecule has 0 atom stereocenters. The van der Waals surface area contributed by atoms with Crippen molar-refractivity contribution in [1.29, 1.82) is 0 Å². The van der Waals surface area contributed by atoms with Crippen LogP contribution in [0.25, 0.3) is 0 Å². The Morgan fingerprint density at radius 2 is 1.57 bits per heavy atom. The van der Waals surface area contributed by atoms with Crippen molar-refractivity contribution in [3.8, 4) is 0 Å². The van der Waals surface area contributed by atoms with Crippen molar-refractivity contribution < 1.29 is 13.2 Å². The van der Waals surface area contributed by atoms with Gasteiger partial charge in [0.15, 0.2) is 0 Å². The quantitative estimate of drug-likeness (QED) is 0.850. The van der Waals surface area contributed by atoms with Crippen molar-refractivity contribution in [1.82, 2.24) is 0 Å². The highest BCUT2D eigenvalue weighted by Crippen LogP contribution is 2.36. The third-order valence-electron chi connectivity index (χ3n) is 3.96. The van der Waals surface area contributed by atoms with Gasteiger partial charge in [-0.3, -0.25) is 9.10 Å². The number of para-hydroxylation sites is 2. The van der Waals surface area contributed by atoms with Crippen LogP contribution in [0, 0.1) is 6.92 Å². The summed E-state index contributed by atoms with van der Waals surface area (Å²) in [6, 6.07) is 13.9. The summed E-state index contributed by atoms with van der Waals surface area (Å²) in [6.07, 6.45) is 0. The number of nitrogens with zero attached hydrogens (tertiary/aromatic N) is 2. The smallest absolute Gasteiger partial charge is 0.264 e. The van der Waals surface area contributed by atoms with E-state index in [4.69, 9.17) is 0 Å². The van der Waals surface area contributed by atoms with Crippen LogP contribution in [0.15, 0.2) is 53.4 Å². The molecule has 0 radical (unpaired) electrons. The Balaban J connectivity index is 2.08. The third-order valence-corrected chi connectivity index (χ3v) is 5.78. The molecule has 6 heteroatoms. The summed E-state index contributed by atoms with van der Waals surface area (Å²) in [5.74, 6) is -0.0927. The lowest BCUT2D eigenvalue weighted by Gasteiger charge is -2.36. The molecule has 0 N–H and O–H groups in total. The summed E-state index contributed by atoms with van der Waals surface area (Å²) in [4.78, 5) is 13.6. The van der Waals surface area contributed by atoms with Crippen molar-refractivity contribution in [3.05, 3.63) is 54.1 Å². The minimum Gasteiger partial charge on any atom is -0.309 e. The molecule has 0 aliphatic carbocycles. The number of carbonyl (C=O) groups excluding carboxylic acids is 1. The molecule has 23 heavy (non-hydrogen) atoms. The monoisotopic (exact) mass is 330 g/mol. The van der Waals surface area contributed by atoms with Gasteiger partial charge in [0.25, 0.3) is 10.0 Å². The van der Waals surface area contributed by atoms with Crippen LogP contribution >= 0.6 is 0 Å². The normalized spacial score (nSPS) is 14.5. The summed E-state index contributed by atoms with van der Waals surface area (Å²) in [7, 11) is -3.65. The van der Waals surface area contributed by atoms with E-state index in [1.165, 1.54) is 11.2 Å². The van der Waals surface area contributed by atoms with Crippen molar-refractivity contribution in [3.63, 3.8) is 0 Å². The maximum atomic E-state index is 13.0. The molecule has 0 spiro atoms. The van der Waals surface area contributed by atoms with Gasteiger partial charge in [-0.25, -0.2) is 8.42 Å². The molecule has 0 saturated heterocycles. The van der Waals surface area contributed by atoms with Crippen LogP contribution in [0.4, 0.5) is 11.4 Å². The van der Waals surface area contributed by atoms with Gasteiger partial charge in [-0.1, -0.05) is 29.8 Å². The number of hydrogen-bond acceptors (Lipinski definition) is 3. The predicted molar refractivity (Wildman–Crippen MR) is 90.2 cm³/mol. The summed E-state index contributed by atoms with van der Waals surface area (Å²) >= 11 is 0. The number of carbonyl (C=O) groups is 1. The first-order valence-corrected chi connectivity index (χ1v) is 8.82. The Bertz CT molecular complexity index is 844. The van der Waals surface area contributed by atoms with E-state index in [0.29, 0.717) is 17.9 Å². The molecule has 2 aromatic carbocycles. The van der Waals surface area contributed by atoms with E-state index in [-0.39, 0.29) is 17.3 Å². The number of benzene rings is 2. The van der Waals surface area contributed by atoms with E-state index in [0.717, 1.165) is 5.56 Å². The number of aryl methyl sites for hydroxylation is 1. The zero-order valence-electron chi connectivity index (χ0n) is 13.1. The molecule has 0 aromatic heterocycles. The van der Waals surface area contributed by atoms with E-state index in [2.05, 4.69) is 0 Å². The third kappa shape index (κ3) is 2.70. The molecule has 0 unspecified atom stereocenters. The number of sulfonamides is 1. The molecular weight excluding hydrogens is 312 g/mol. The van der Waals surface area contributed by atoms with E-state index >= 15 is 0 Å². The number of anilines is 2. The Labute approximate surface area is 136 Å². The summed E-state index contributed by atoms with van der Waals surface area (Å²) in [5.41, 5.74) is 2.17. The molecule has 0 fully saturated rings. The number of amides is 1. The van der Waals surface area contributed by atoms with Crippen LogP contribution in [0.3, 0.4) is 0 Å². The van der Waals surface area contributed by atoms with E-state index in [9.17, 15) is 13.2 Å². The van der Waals surface area contributed by atoms with Crippen LogP contribution in [-0.2, 0) is 14.8 Å². The minimum atomic E-state index is -3.65. The second kappa shape index (κ2) is 5.70. The molecule has 0 saturated carbocycles. The summed E-state index contributed by atoms with van der Waals surface area (Å²) < 4.78 is 27.3. The Hall–Kier alpha value is -2.34. The Kier molecular flexibility index (Phi) is 3.85. The average molecular weight is 330 g/mol. The maximum Gasteiger partial charge on any atom is 0.264 e. The second-order valence-corrected chi connectivity index (χ2v) is 7.41. The predicted octanol–water partition coefficient (Wildman–Crippen LogP) is 2.56. The fraction of sp³-hybridized carbons (Fsp3) is 0.235. The molecule has 2 aromatic rings. The molecule has 1 heterocycles. The lowest BCUT2D eigenvalue weighted by Crippen LogP contribution is -2.45. The van der Waals surface area contributed by atoms with Gasteiger partial charge in [-0.05, 0) is 31.2 Å². The van der Waals surface area contributed by atoms with Gasteiger partial charge in [0.05, 0.1) is 22.8 Å². The first-order chi connectivity index (χ1) is 10.9. The van der Waals surface area contributed by atoms with Crippen LogP contribution in [0.5, 0.6) is 0 Å². The fourth-order valence-corrected chi connectivity index (χ4v) is 4.22. The van der Waals surface area contributed by atoms with Crippen molar-refractivity contribution in [2.45, 2.75) is 18.7 Å². The minimum absolute atomic E-state index is 0.0927. The van der Waals surface area contributed by atoms with Crippen LogP contribution in [0.1, 0.15) is 12.5 Å². The number of rotatable bonds is 2. The molecule has 1 aliphatic heterocycles. The second-order valence-electron chi connectivity index (χ2n) is 5.55. The highest BCUT2D eigenvalue weighted by Gasteiger charge is 2.32. The van der Waals surface area contributed by atoms with Gasteiger partial charge in [0, 0.05) is 13.5 Å². The SMILES string of the molecule is CC(=O)N1CCN(S(=O)(=O)c2ccc(C)cc2)c2ccccc21. The number of fused-ring (bicyclic) bond motifs is 1.